The molecule has 0 spiro atoms. The van der Waals surface area contributed by atoms with Gasteiger partial charge >= 0.3 is 0 Å². The van der Waals surface area contributed by atoms with Crippen LogP contribution in [-0.2, 0) is 32.5 Å². The van der Waals surface area contributed by atoms with Crippen molar-refractivity contribution in [1.29, 1.82) is 0 Å². The second kappa shape index (κ2) is 13.2. The summed E-state index contributed by atoms with van der Waals surface area (Å²) in [4.78, 5) is 0. The number of hydrogen-bond donors (Lipinski definition) is 0. The maximum absolute atomic E-state index is 7.47. The number of benzene rings is 6. The summed E-state index contributed by atoms with van der Waals surface area (Å²) in [6.45, 7) is 41.8. The highest BCUT2D eigenvalue weighted by Crippen LogP contribution is 2.59. The van der Waals surface area contributed by atoms with Gasteiger partial charge in [-0.1, -0.05) is 156 Å². The van der Waals surface area contributed by atoms with Gasteiger partial charge in [0, 0.05) is 21.9 Å². The molecule has 0 aliphatic rings. The zero-order valence-corrected chi connectivity index (χ0v) is 43.6. The largest absolute Gasteiger partial charge is 0.453 e. The zero-order chi connectivity index (χ0) is 47.3. The first kappa shape index (κ1) is 43.2. The quantitative estimate of drug-likeness (QED) is 0.122. The predicted octanol–water partition coefficient (Wildman–Crippen LogP) is 18.3. The number of nitrogens with zero attached hydrogens (tertiary/aromatic N) is 3. The second-order valence-electron chi connectivity index (χ2n) is 25.8. The van der Waals surface area contributed by atoms with Crippen molar-refractivity contribution in [3.63, 3.8) is 0 Å². The topological polar surface area (TPSA) is 40.0 Å². The first-order valence-corrected chi connectivity index (χ1v) is 25.4. The van der Waals surface area contributed by atoms with Crippen LogP contribution in [0.4, 0.5) is 0 Å². The molecule has 0 aliphatic carbocycles. The minimum atomic E-state index is -1.13. The molecule has 11 aromatic rings. The van der Waals surface area contributed by atoms with E-state index in [1.807, 2.05) is 0 Å². The van der Waals surface area contributed by atoms with E-state index < -0.39 is 7.34 Å². The molecule has 0 unspecified atom stereocenters. The van der Waals surface area contributed by atoms with E-state index in [0.717, 1.165) is 39.1 Å². The minimum absolute atomic E-state index is 0.0192. The van der Waals surface area contributed by atoms with Gasteiger partial charge in [0.25, 0.3) is 0 Å². The summed E-state index contributed by atoms with van der Waals surface area (Å²) in [6, 6.07) is 33.4. The third-order valence-corrected chi connectivity index (χ3v) is 17.3. The van der Waals surface area contributed by atoms with Crippen molar-refractivity contribution >= 4 is 89.2 Å². The van der Waals surface area contributed by atoms with Gasteiger partial charge in [0.15, 0.2) is 22.3 Å². The van der Waals surface area contributed by atoms with Crippen LogP contribution < -0.4 is 0 Å². The molecule has 0 saturated carbocycles. The SMILES string of the molecule is CC(C)(C)c1ccc(-n2c3cc(C(C)(C)C)c4oc5cc(C(C)(C)C)ccc5n5c6cc(C(C)(C)C)cc7c6p(c3c45)c3c2cc(C(C)(C)C)c2oc4cc(C(C)(C)C)ccc4n7c23)cc1. The van der Waals surface area contributed by atoms with Crippen molar-refractivity contribution in [2.45, 2.75) is 157 Å². The van der Waals surface area contributed by atoms with Crippen molar-refractivity contribution in [3.8, 4) is 5.69 Å². The molecule has 6 heteroatoms. The molecular formula is C60H68N3O2P. The summed E-state index contributed by atoms with van der Waals surface area (Å²) in [6.07, 6.45) is 0. The van der Waals surface area contributed by atoms with Crippen LogP contribution in [0.3, 0.4) is 0 Å². The molecule has 5 heterocycles. The number of rotatable bonds is 1. The van der Waals surface area contributed by atoms with Crippen LogP contribution in [-0.4, -0.2) is 13.4 Å². The summed E-state index contributed by atoms with van der Waals surface area (Å²) in [5.74, 6) is 0. The lowest BCUT2D eigenvalue weighted by molar-refractivity contribution is 0.566. The molecule has 11 rings (SSSR count). The Morgan fingerprint density at radius 2 is 0.727 bits per heavy atom. The molecule has 0 N–H and O–H groups in total. The fourth-order valence-electron chi connectivity index (χ4n) is 10.7. The predicted molar refractivity (Wildman–Crippen MR) is 285 cm³/mol. The number of hydrogen-bond acceptors (Lipinski definition) is 2. The van der Waals surface area contributed by atoms with E-state index in [2.05, 4.69) is 223 Å². The van der Waals surface area contributed by atoms with Crippen LogP contribution in [0.5, 0.6) is 0 Å². The molecule has 0 radical (unpaired) electrons. The van der Waals surface area contributed by atoms with Crippen molar-refractivity contribution in [3.05, 3.63) is 118 Å². The van der Waals surface area contributed by atoms with Crippen LogP contribution in [0.15, 0.2) is 93.8 Å². The molecule has 5 nitrogen and oxygen atoms in total. The summed E-state index contributed by atoms with van der Waals surface area (Å²) < 4.78 is 22.8. The summed E-state index contributed by atoms with van der Waals surface area (Å²) in [7, 11) is -1.13. The van der Waals surface area contributed by atoms with E-state index in [1.54, 1.807) is 0 Å². The van der Waals surface area contributed by atoms with Crippen LogP contribution in [0.2, 0.25) is 0 Å². The van der Waals surface area contributed by atoms with Crippen LogP contribution in [0, 0.1) is 0 Å². The second-order valence-corrected chi connectivity index (χ2v) is 27.8. The zero-order valence-electron chi connectivity index (χ0n) is 42.7. The molecule has 0 atom stereocenters. The third kappa shape index (κ3) is 6.10. The van der Waals surface area contributed by atoms with Gasteiger partial charge in [0.2, 0.25) is 0 Å². The smallest absolute Gasteiger partial charge is 0.156 e. The summed E-state index contributed by atoms with van der Waals surface area (Å²) in [5, 5.41) is 4.09. The molecular weight excluding hydrogens is 826 g/mol. The lowest BCUT2D eigenvalue weighted by Gasteiger charge is -2.32. The maximum atomic E-state index is 7.47. The van der Waals surface area contributed by atoms with Gasteiger partial charge in [-0.25, -0.2) is 0 Å². The molecule has 0 bridgehead atoms. The van der Waals surface area contributed by atoms with Gasteiger partial charge in [0.05, 0.1) is 43.3 Å². The Labute approximate surface area is 390 Å². The number of fused-ring (bicyclic) bond motifs is 6. The molecule has 340 valence electrons. The molecule has 0 aliphatic heterocycles. The summed E-state index contributed by atoms with van der Waals surface area (Å²) in [5.41, 5.74) is 21.3. The standard InChI is InChI=1S/C60H68N3O2P/c1-55(2,3)33-19-23-37(24-20-33)61-44-31-38(59(13,14)15)50-48-53(44)66-52-42(62(48)40-25-21-34(56(4,5)6)29-46(40)64-50)27-36(58(10,11)12)28-43(52)63-41-26-22-35(57(7,8)9)30-47(41)65-51-39(60(16,17)18)32-45(61)54(66)49(51)63/h19-32H,1-18H3. The van der Waals surface area contributed by atoms with Crippen molar-refractivity contribution in [2.24, 2.45) is 0 Å². The first-order chi connectivity index (χ1) is 30.5. The highest BCUT2D eigenvalue weighted by atomic mass is 31.1. The van der Waals surface area contributed by atoms with Gasteiger partial charge in [0.1, 0.15) is 11.0 Å². The van der Waals surface area contributed by atoms with E-state index in [1.165, 1.54) is 81.8 Å². The molecule has 5 aromatic heterocycles. The van der Waals surface area contributed by atoms with Gasteiger partial charge in [-0.15, -0.1) is 0 Å². The van der Waals surface area contributed by atoms with Crippen molar-refractivity contribution < 1.29 is 8.83 Å². The number of aromatic nitrogens is 3. The molecule has 6 aromatic carbocycles. The summed E-state index contributed by atoms with van der Waals surface area (Å²) >= 11 is 0. The fraction of sp³-hybridized carbons (Fsp3) is 0.400. The highest BCUT2D eigenvalue weighted by molar-refractivity contribution is 7.63. The van der Waals surface area contributed by atoms with Crippen molar-refractivity contribution in [1.82, 2.24) is 13.4 Å². The molecule has 0 fully saturated rings. The maximum Gasteiger partial charge on any atom is 0.156 e. The Hall–Kier alpha value is -5.38. The first-order valence-electron chi connectivity index (χ1n) is 24.1. The van der Waals surface area contributed by atoms with Crippen LogP contribution >= 0.6 is 7.34 Å². The van der Waals surface area contributed by atoms with Gasteiger partial charge < -0.3 is 22.2 Å². The molecule has 0 amide bonds. The molecule has 0 saturated heterocycles. The lowest BCUT2D eigenvalue weighted by atomic mass is 9.85. The lowest BCUT2D eigenvalue weighted by Crippen LogP contribution is -2.17. The Bertz CT molecular complexity index is 3630. The Balaban J connectivity index is 1.54. The average molecular weight is 894 g/mol. The van der Waals surface area contributed by atoms with E-state index in [4.69, 9.17) is 8.83 Å². The van der Waals surface area contributed by atoms with Gasteiger partial charge in [-0.2, -0.15) is 0 Å². The monoisotopic (exact) mass is 894 g/mol. The van der Waals surface area contributed by atoms with E-state index >= 15 is 0 Å². The Morgan fingerprint density at radius 3 is 1.09 bits per heavy atom. The average Bonchev–Trinajstić information content (AvgIpc) is 3.20. The van der Waals surface area contributed by atoms with E-state index in [9.17, 15) is 0 Å². The Kier molecular flexibility index (Phi) is 8.64. The third-order valence-electron chi connectivity index (χ3n) is 14.6. The fourth-order valence-corrected chi connectivity index (χ4v) is 13.8. The van der Waals surface area contributed by atoms with E-state index in [-0.39, 0.29) is 32.5 Å². The molecule has 66 heavy (non-hydrogen) atoms. The normalized spacial score (nSPS) is 14.2. The Morgan fingerprint density at radius 1 is 0.348 bits per heavy atom. The highest BCUT2D eigenvalue weighted by Gasteiger charge is 2.34. The van der Waals surface area contributed by atoms with Crippen LogP contribution in [0.25, 0.3) is 87.5 Å². The van der Waals surface area contributed by atoms with Gasteiger partial charge in [-0.3, -0.25) is 0 Å². The van der Waals surface area contributed by atoms with Crippen LogP contribution in [0.1, 0.15) is 158 Å². The van der Waals surface area contributed by atoms with Gasteiger partial charge in [-0.05, 0) is 115 Å². The van der Waals surface area contributed by atoms with Crippen molar-refractivity contribution in [2.75, 3.05) is 0 Å². The minimum Gasteiger partial charge on any atom is -0.453 e. The van der Waals surface area contributed by atoms with E-state index in [0.29, 0.717) is 0 Å².